The maximum Gasteiger partial charge on any atom is 0.326 e. The van der Waals surface area contributed by atoms with E-state index in [9.17, 15) is 29.2 Å². The second kappa shape index (κ2) is 8.16. The highest BCUT2D eigenvalue weighted by atomic mass is 19.1. The number of carbonyl (C=O) groups excluding carboxylic acids is 1. The third-order valence-electron chi connectivity index (χ3n) is 4.26. The number of hydrogen-bond donors (Lipinski definition) is 2. The van der Waals surface area contributed by atoms with Gasteiger partial charge in [-0.1, -0.05) is 39.0 Å². The van der Waals surface area contributed by atoms with Crippen LogP contribution in [0.15, 0.2) is 42.5 Å². The lowest BCUT2D eigenvalue weighted by Crippen LogP contribution is -2.42. The predicted octanol–water partition coefficient (Wildman–Crippen LogP) is 3.46. The fourth-order valence-electron chi connectivity index (χ4n) is 2.62. The molecule has 7 nitrogen and oxygen atoms in total. The maximum absolute atomic E-state index is 13.4. The van der Waals surface area contributed by atoms with Crippen molar-refractivity contribution >= 4 is 17.6 Å². The van der Waals surface area contributed by atoms with E-state index in [1.54, 1.807) is 24.3 Å². The van der Waals surface area contributed by atoms with Crippen molar-refractivity contribution in [1.29, 1.82) is 0 Å². The van der Waals surface area contributed by atoms with Crippen molar-refractivity contribution in [1.82, 2.24) is 5.32 Å². The van der Waals surface area contributed by atoms with Crippen LogP contribution in [0.25, 0.3) is 0 Å². The van der Waals surface area contributed by atoms with E-state index in [4.69, 9.17) is 0 Å². The minimum Gasteiger partial charge on any atom is -0.480 e. The number of nitrogens with one attached hydrogen (secondary N) is 1. The van der Waals surface area contributed by atoms with Crippen molar-refractivity contribution in [3.05, 3.63) is 75.1 Å². The summed E-state index contributed by atoms with van der Waals surface area (Å²) in [4.78, 5) is 33.9. The Morgan fingerprint density at radius 2 is 1.79 bits per heavy atom. The summed E-state index contributed by atoms with van der Waals surface area (Å²) in [5.41, 5.74) is 0.715. The van der Waals surface area contributed by atoms with Gasteiger partial charge in [-0.3, -0.25) is 14.9 Å². The van der Waals surface area contributed by atoms with Crippen molar-refractivity contribution in [2.24, 2.45) is 0 Å². The number of aliphatic carboxylic acids is 1. The topological polar surface area (TPSA) is 110 Å². The molecule has 0 unspecified atom stereocenters. The summed E-state index contributed by atoms with van der Waals surface area (Å²) in [7, 11) is 0. The lowest BCUT2D eigenvalue weighted by atomic mass is 9.86. The smallest absolute Gasteiger partial charge is 0.326 e. The highest BCUT2D eigenvalue weighted by molar-refractivity contribution is 5.96. The van der Waals surface area contributed by atoms with E-state index in [1.165, 1.54) is 6.07 Å². The summed E-state index contributed by atoms with van der Waals surface area (Å²) in [6, 6.07) is 8.62. The van der Waals surface area contributed by atoms with Crippen molar-refractivity contribution in [3.8, 4) is 0 Å². The summed E-state index contributed by atoms with van der Waals surface area (Å²) in [5.74, 6) is -2.89. The van der Waals surface area contributed by atoms with Gasteiger partial charge >= 0.3 is 11.7 Å². The molecule has 2 aromatic rings. The molecular formula is C20H21FN2O5. The van der Waals surface area contributed by atoms with Gasteiger partial charge in [-0.2, -0.15) is 4.39 Å². The number of nitro groups is 1. The van der Waals surface area contributed by atoms with E-state index < -0.39 is 34.3 Å². The number of halogens is 1. The average Bonchev–Trinajstić information content (AvgIpc) is 2.61. The SMILES string of the molecule is CC(C)(C)c1ccc(C(=O)N[C@@H](Cc2ccc(F)c([N+](=O)[O-])c2)C(=O)O)cc1. The Balaban J connectivity index is 2.17. The molecule has 2 N–H and O–H groups in total. The Morgan fingerprint density at radius 3 is 2.29 bits per heavy atom. The molecule has 0 heterocycles. The molecule has 0 aliphatic carbocycles. The van der Waals surface area contributed by atoms with E-state index in [1.807, 2.05) is 20.8 Å². The molecule has 8 heteroatoms. The molecule has 1 atom stereocenters. The van der Waals surface area contributed by atoms with Crippen LogP contribution < -0.4 is 5.32 Å². The van der Waals surface area contributed by atoms with Gasteiger partial charge in [0.25, 0.3) is 5.91 Å². The second-order valence-electron chi connectivity index (χ2n) is 7.44. The largest absolute Gasteiger partial charge is 0.480 e. The zero-order chi connectivity index (χ0) is 21.1. The number of carboxylic acid groups (broad SMARTS) is 1. The first-order chi connectivity index (χ1) is 13.0. The monoisotopic (exact) mass is 388 g/mol. The molecular weight excluding hydrogens is 367 g/mol. The Kier molecular flexibility index (Phi) is 6.12. The fourth-order valence-corrected chi connectivity index (χ4v) is 2.62. The van der Waals surface area contributed by atoms with Gasteiger partial charge in [0.1, 0.15) is 6.04 Å². The van der Waals surface area contributed by atoms with E-state index in [-0.39, 0.29) is 17.4 Å². The number of hydrogen-bond acceptors (Lipinski definition) is 4. The minimum absolute atomic E-state index is 0.0874. The minimum atomic E-state index is -1.32. The zero-order valence-electron chi connectivity index (χ0n) is 15.7. The van der Waals surface area contributed by atoms with Gasteiger partial charge in [0.05, 0.1) is 4.92 Å². The molecule has 0 bridgehead atoms. The molecule has 0 fully saturated rings. The van der Waals surface area contributed by atoms with Crippen molar-refractivity contribution in [3.63, 3.8) is 0 Å². The summed E-state index contributed by atoms with van der Waals surface area (Å²) in [6.45, 7) is 6.10. The van der Waals surface area contributed by atoms with Crippen molar-refractivity contribution < 1.29 is 24.0 Å². The molecule has 0 spiro atoms. The first-order valence-electron chi connectivity index (χ1n) is 8.56. The van der Waals surface area contributed by atoms with Crippen LogP contribution in [0.3, 0.4) is 0 Å². The van der Waals surface area contributed by atoms with Gasteiger partial charge in [-0.15, -0.1) is 0 Å². The molecule has 2 aromatic carbocycles. The second-order valence-corrected chi connectivity index (χ2v) is 7.44. The van der Waals surface area contributed by atoms with Crippen LogP contribution in [0, 0.1) is 15.9 Å². The highest BCUT2D eigenvalue weighted by Gasteiger charge is 2.23. The van der Waals surface area contributed by atoms with Gasteiger partial charge in [0.15, 0.2) is 0 Å². The number of carbonyl (C=O) groups is 2. The van der Waals surface area contributed by atoms with Gasteiger partial charge in [0, 0.05) is 18.1 Å². The Labute approximate surface area is 161 Å². The van der Waals surface area contributed by atoms with Crippen molar-refractivity contribution in [2.45, 2.75) is 38.6 Å². The van der Waals surface area contributed by atoms with Crippen molar-refractivity contribution in [2.75, 3.05) is 0 Å². The Bertz CT molecular complexity index is 904. The number of benzene rings is 2. The molecule has 28 heavy (non-hydrogen) atoms. The standard InChI is InChI=1S/C20H21FN2O5/c1-20(2,3)14-7-5-13(6-8-14)18(24)22-16(19(25)26)10-12-4-9-15(21)17(11-12)23(27)28/h4-9,11,16H,10H2,1-3H3,(H,22,24)(H,25,26)/t16-/m0/s1. The lowest BCUT2D eigenvalue weighted by Gasteiger charge is -2.19. The molecule has 0 aliphatic heterocycles. The first kappa shape index (κ1) is 21.0. The summed E-state index contributed by atoms with van der Waals surface area (Å²) in [6.07, 6.45) is -0.220. The summed E-state index contributed by atoms with van der Waals surface area (Å²) >= 11 is 0. The highest BCUT2D eigenvalue weighted by Crippen LogP contribution is 2.22. The predicted molar refractivity (Wildman–Crippen MR) is 101 cm³/mol. The summed E-state index contributed by atoms with van der Waals surface area (Å²) in [5, 5.41) is 22.6. The van der Waals surface area contributed by atoms with E-state index >= 15 is 0 Å². The van der Waals surface area contributed by atoms with Crippen LogP contribution in [-0.4, -0.2) is 27.9 Å². The molecule has 2 rings (SSSR count). The zero-order valence-corrected chi connectivity index (χ0v) is 15.7. The third-order valence-corrected chi connectivity index (χ3v) is 4.26. The van der Waals surface area contributed by atoms with Gasteiger partial charge < -0.3 is 10.4 Å². The van der Waals surface area contributed by atoms with Crippen LogP contribution >= 0.6 is 0 Å². The van der Waals surface area contributed by atoms with Crippen LogP contribution in [0.1, 0.15) is 42.3 Å². The van der Waals surface area contributed by atoms with E-state index in [0.717, 1.165) is 17.7 Å². The van der Waals surface area contributed by atoms with Crippen LogP contribution in [0.4, 0.5) is 10.1 Å². The lowest BCUT2D eigenvalue weighted by molar-refractivity contribution is -0.387. The molecule has 0 radical (unpaired) electrons. The Morgan fingerprint density at radius 1 is 1.18 bits per heavy atom. The quantitative estimate of drug-likeness (QED) is 0.582. The number of amides is 1. The average molecular weight is 388 g/mol. The van der Waals surface area contributed by atoms with Crippen LogP contribution in [0.5, 0.6) is 0 Å². The molecule has 0 saturated heterocycles. The number of nitro benzene ring substituents is 1. The first-order valence-corrected chi connectivity index (χ1v) is 8.56. The number of carboxylic acids is 1. The molecule has 148 valence electrons. The third kappa shape index (κ3) is 5.12. The van der Waals surface area contributed by atoms with Crippen LogP contribution in [-0.2, 0) is 16.6 Å². The summed E-state index contributed by atoms with van der Waals surface area (Å²) < 4.78 is 13.4. The molecule has 0 aromatic heterocycles. The van der Waals surface area contributed by atoms with Gasteiger partial charge in [0.2, 0.25) is 5.82 Å². The maximum atomic E-state index is 13.4. The van der Waals surface area contributed by atoms with E-state index in [0.29, 0.717) is 5.56 Å². The Hall–Kier alpha value is -3.29. The fraction of sp³-hybridized carbons (Fsp3) is 0.300. The molecule has 1 amide bonds. The van der Waals surface area contributed by atoms with Gasteiger partial charge in [-0.25, -0.2) is 4.79 Å². The molecule has 0 saturated carbocycles. The molecule has 0 aliphatic rings. The number of rotatable bonds is 6. The van der Waals surface area contributed by atoms with E-state index in [2.05, 4.69) is 5.32 Å². The van der Waals surface area contributed by atoms with Crippen LogP contribution in [0.2, 0.25) is 0 Å². The van der Waals surface area contributed by atoms with Gasteiger partial charge in [-0.05, 0) is 34.7 Å². The normalized spacial score (nSPS) is 12.3. The number of nitrogens with zero attached hydrogens (tertiary/aromatic N) is 1.